The number of pyridine rings is 1. The van der Waals surface area contributed by atoms with Crippen LogP contribution in [-0.4, -0.2) is 65.9 Å². The van der Waals surface area contributed by atoms with Crippen molar-refractivity contribution in [3.05, 3.63) is 89.9 Å². The molecule has 1 amide bonds. The third-order valence-electron chi connectivity index (χ3n) is 7.01. The fourth-order valence-electron chi connectivity index (χ4n) is 4.81. The smallest absolute Gasteiger partial charge is 0.416 e. The number of halogens is 3. The average molecular weight is 593 g/mol. The van der Waals surface area contributed by atoms with E-state index in [-0.39, 0.29) is 11.6 Å². The number of piperazine rings is 1. The Kier molecular flexibility index (Phi) is 9.05. The van der Waals surface area contributed by atoms with Crippen LogP contribution >= 0.6 is 0 Å². The predicted octanol–water partition coefficient (Wildman–Crippen LogP) is 5.54. The summed E-state index contributed by atoms with van der Waals surface area (Å²) in [4.78, 5) is 20.9. The van der Waals surface area contributed by atoms with Crippen molar-refractivity contribution in [3.63, 3.8) is 0 Å². The maximum absolute atomic E-state index is 13.8. The maximum atomic E-state index is 13.8. The Labute approximate surface area is 247 Å². The number of rotatable bonds is 9. The van der Waals surface area contributed by atoms with E-state index in [1.165, 1.54) is 18.5 Å². The normalized spacial score (nSPS) is 13.9. The lowest BCUT2D eigenvalue weighted by Crippen LogP contribution is -2.46. The average Bonchev–Trinajstić information content (AvgIpc) is 3.02. The van der Waals surface area contributed by atoms with E-state index in [2.05, 4.69) is 25.4 Å². The van der Waals surface area contributed by atoms with E-state index in [9.17, 15) is 18.0 Å². The molecule has 0 unspecified atom stereocenters. The van der Waals surface area contributed by atoms with Gasteiger partial charge in [0.25, 0.3) is 5.91 Å². The molecule has 43 heavy (non-hydrogen) atoms. The Morgan fingerprint density at radius 2 is 1.67 bits per heavy atom. The van der Waals surface area contributed by atoms with Crippen LogP contribution in [-0.2, 0) is 12.7 Å². The highest BCUT2D eigenvalue weighted by Crippen LogP contribution is 2.34. The van der Waals surface area contributed by atoms with E-state index < -0.39 is 11.7 Å². The third-order valence-corrected chi connectivity index (χ3v) is 7.01. The van der Waals surface area contributed by atoms with Gasteiger partial charge in [-0.2, -0.15) is 13.2 Å². The molecule has 5 rings (SSSR count). The van der Waals surface area contributed by atoms with E-state index in [1.54, 1.807) is 55.6 Å². The fourth-order valence-corrected chi connectivity index (χ4v) is 4.81. The minimum Gasteiger partial charge on any atom is -0.497 e. The molecule has 1 saturated heterocycles. The Morgan fingerprint density at radius 3 is 2.33 bits per heavy atom. The minimum atomic E-state index is -4.48. The molecule has 224 valence electrons. The van der Waals surface area contributed by atoms with Crippen molar-refractivity contribution in [1.29, 1.82) is 0 Å². The number of methoxy groups -OCH3 is 1. The molecule has 0 radical (unpaired) electrons. The molecular weight excluding hydrogens is 561 g/mol. The van der Waals surface area contributed by atoms with Gasteiger partial charge in [0.15, 0.2) is 11.5 Å². The van der Waals surface area contributed by atoms with Gasteiger partial charge in [0.05, 0.1) is 25.5 Å². The number of hydrogen-bond acceptors (Lipinski definition) is 8. The van der Waals surface area contributed by atoms with Gasteiger partial charge < -0.3 is 19.7 Å². The first-order valence-corrected chi connectivity index (χ1v) is 13.8. The number of amides is 1. The number of hydrogen-bond donors (Lipinski definition) is 1. The number of ether oxygens (including phenoxy) is 2. The standard InChI is InChI=1S/C31H31F3N6O3/c1-3-43-27-17-23(18-35-19-27)22-14-21(15-24(16-22)31(32,33)34)20-39-10-12-40(13-11-39)29-9-8-28(37-38-29)30(41)36-25-4-6-26(42-2)7-5-25/h4-9,14-19H,3,10-13,20H2,1-2H3,(H,36,41). The number of anilines is 2. The monoisotopic (exact) mass is 592 g/mol. The van der Waals surface area contributed by atoms with Gasteiger partial charge in [-0.15, -0.1) is 10.2 Å². The topological polar surface area (TPSA) is 92.7 Å². The van der Waals surface area contributed by atoms with Gasteiger partial charge in [-0.3, -0.25) is 14.7 Å². The minimum absolute atomic E-state index is 0.181. The zero-order chi connectivity index (χ0) is 30.4. The number of carbonyl (C=O) groups is 1. The summed E-state index contributed by atoms with van der Waals surface area (Å²) in [5, 5.41) is 11.1. The Morgan fingerprint density at radius 1 is 0.907 bits per heavy atom. The summed E-state index contributed by atoms with van der Waals surface area (Å²) in [6.45, 7) is 5.08. The van der Waals surface area contributed by atoms with Crippen molar-refractivity contribution >= 4 is 17.4 Å². The second-order valence-electron chi connectivity index (χ2n) is 9.98. The molecule has 1 aliphatic rings. The van der Waals surface area contributed by atoms with Gasteiger partial charge in [0, 0.05) is 50.2 Å². The largest absolute Gasteiger partial charge is 0.497 e. The van der Waals surface area contributed by atoms with Crippen molar-refractivity contribution in [2.24, 2.45) is 0 Å². The summed E-state index contributed by atoms with van der Waals surface area (Å²) in [7, 11) is 1.57. The lowest BCUT2D eigenvalue weighted by atomic mass is 10.00. The summed E-state index contributed by atoms with van der Waals surface area (Å²) >= 11 is 0. The lowest BCUT2D eigenvalue weighted by Gasteiger charge is -2.35. The summed E-state index contributed by atoms with van der Waals surface area (Å²) in [6, 6.07) is 16.1. The number of nitrogens with one attached hydrogen (secondary N) is 1. The molecule has 2 aromatic heterocycles. The number of aromatic nitrogens is 3. The molecule has 2 aromatic carbocycles. The third kappa shape index (κ3) is 7.58. The van der Waals surface area contributed by atoms with Crippen LogP contribution in [0.15, 0.2) is 73.1 Å². The summed E-state index contributed by atoms with van der Waals surface area (Å²) < 4.78 is 52.0. The summed E-state index contributed by atoms with van der Waals surface area (Å²) in [6.07, 6.45) is -1.41. The van der Waals surface area contributed by atoms with Crippen LogP contribution < -0.4 is 19.7 Å². The van der Waals surface area contributed by atoms with Crippen molar-refractivity contribution in [3.8, 4) is 22.6 Å². The van der Waals surface area contributed by atoms with Crippen LogP contribution in [0.1, 0.15) is 28.5 Å². The highest BCUT2D eigenvalue weighted by molar-refractivity contribution is 6.02. The van der Waals surface area contributed by atoms with Gasteiger partial charge >= 0.3 is 6.18 Å². The molecule has 0 saturated carbocycles. The van der Waals surface area contributed by atoms with Gasteiger partial charge in [-0.05, 0) is 78.7 Å². The SMILES string of the molecule is CCOc1cncc(-c2cc(CN3CCN(c4ccc(C(=O)Nc5ccc(OC)cc5)nn4)CC3)cc(C(F)(F)F)c2)c1. The van der Waals surface area contributed by atoms with Crippen LogP contribution in [0.25, 0.3) is 11.1 Å². The predicted molar refractivity (Wildman–Crippen MR) is 156 cm³/mol. The highest BCUT2D eigenvalue weighted by Gasteiger charge is 2.31. The van der Waals surface area contributed by atoms with Gasteiger partial charge in [0.1, 0.15) is 11.5 Å². The first kappa shape index (κ1) is 29.8. The number of nitrogens with zero attached hydrogens (tertiary/aromatic N) is 5. The Hall–Kier alpha value is -4.71. The fraction of sp³-hybridized carbons (Fsp3) is 0.290. The van der Waals surface area contributed by atoms with Crippen molar-refractivity contribution in [2.75, 3.05) is 50.1 Å². The van der Waals surface area contributed by atoms with Crippen LogP contribution in [0.4, 0.5) is 24.7 Å². The molecule has 3 heterocycles. The molecule has 1 fully saturated rings. The van der Waals surface area contributed by atoms with Gasteiger partial charge in [0.2, 0.25) is 0 Å². The molecule has 4 aromatic rings. The second-order valence-corrected chi connectivity index (χ2v) is 9.98. The molecule has 0 spiro atoms. The van der Waals surface area contributed by atoms with Crippen molar-refractivity contribution in [1.82, 2.24) is 20.1 Å². The molecular formula is C31H31F3N6O3. The lowest BCUT2D eigenvalue weighted by molar-refractivity contribution is -0.137. The van der Waals surface area contributed by atoms with Gasteiger partial charge in [-0.25, -0.2) is 0 Å². The first-order valence-electron chi connectivity index (χ1n) is 13.8. The second kappa shape index (κ2) is 13.1. The molecule has 1 N–H and O–H groups in total. The van der Waals surface area contributed by atoms with E-state index >= 15 is 0 Å². The Balaban J connectivity index is 1.21. The maximum Gasteiger partial charge on any atom is 0.416 e. The van der Waals surface area contributed by atoms with Crippen molar-refractivity contribution < 1.29 is 27.4 Å². The zero-order valence-electron chi connectivity index (χ0n) is 23.8. The number of benzene rings is 2. The van der Waals surface area contributed by atoms with E-state index in [4.69, 9.17) is 9.47 Å². The van der Waals surface area contributed by atoms with Crippen LogP contribution in [0.3, 0.4) is 0 Å². The molecule has 9 nitrogen and oxygen atoms in total. The van der Waals surface area contributed by atoms with E-state index in [0.29, 0.717) is 79.0 Å². The molecule has 0 atom stereocenters. The first-order chi connectivity index (χ1) is 20.7. The van der Waals surface area contributed by atoms with Gasteiger partial charge in [-0.1, -0.05) is 0 Å². The number of carbonyl (C=O) groups excluding carboxylic acids is 1. The zero-order valence-corrected chi connectivity index (χ0v) is 23.8. The number of alkyl halides is 3. The molecule has 12 heteroatoms. The van der Waals surface area contributed by atoms with Crippen LogP contribution in [0.5, 0.6) is 11.5 Å². The van der Waals surface area contributed by atoms with Crippen molar-refractivity contribution in [2.45, 2.75) is 19.6 Å². The molecule has 0 aliphatic carbocycles. The Bertz CT molecular complexity index is 1540. The van der Waals surface area contributed by atoms with E-state index in [1.807, 2.05) is 11.8 Å². The summed E-state index contributed by atoms with van der Waals surface area (Å²) in [5.74, 6) is 1.44. The summed E-state index contributed by atoms with van der Waals surface area (Å²) in [5.41, 5.74) is 1.64. The van der Waals surface area contributed by atoms with E-state index in [0.717, 1.165) is 6.07 Å². The highest BCUT2D eigenvalue weighted by atomic mass is 19.4. The quantitative estimate of drug-likeness (QED) is 0.271. The van der Waals surface area contributed by atoms with Crippen LogP contribution in [0, 0.1) is 0 Å². The molecule has 0 bridgehead atoms. The van der Waals surface area contributed by atoms with Crippen LogP contribution in [0.2, 0.25) is 0 Å². The molecule has 1 aliphatic heterocycles.